The molecule has 2 atom stereocenters. The fourth-order valence-corrected chi connectivity index (χ4v) is 3.36. The third-order valence-electron chi connectivity index (χ3n) is 4.12. The largest absolute Gasteiger partial charge is 0.497 e. The predicted molar refractivity (Wildman–Crippen MR) is 91.5 cm³/mol. The number of benzene rings is 2. The van der Waals surface area contributed by atoms with Crippen LogP contribution in [0.25, 0.3) is 11.0 Å². The molecule has 122 valence electrons. The number of methoxy groups -OCH3 is 1. The van der Waals surface area contributed by atoms with Crippen molar-refractivity contribution in [1.29, 1.82) is 0 Å². The summed E-state index contributed by atoms with van der Waals surface area (Å²) in [6.45, 7) is 0. The van der Waals surface area contributed by atoms with Crippen LogP contribution in [0.4, 0.5) is 0 Å². The van der Waals surface area contributed by atoms with Gasteiger partial charge >= 0.3 is 5.63 Å². The first kappa shape index (κ1) is 15.2. The summed E-state index contributed by atoms with van der Waals surface area (Å²) in [6, 6.07) is 12.0. The molecule has 1 aliphatic rings. The van der Waals surface area contributed by atoms with Gasteiger partial charge in [0.05, 0.1) is 7.11 Å². The van der Waals surface area contributed by atoms with Crippen molar-refractivity contribution in [1.82, 2.24) is 0 Å². The molecule has 2 heterocycles. The van der Waals surface area contributed by atoms with Crippen LogP contribution in [0.1, 0.15) is 23.3 Å². The molecule has 1 aromatic heterocycles. The van der Waals surface area contributed by atoms with E-state index in [2.05, 4.69) is 15.9 Å². The topological polar surface area (TPSA) is 68.9 Å². The number of hydrogen-bond donors (Lipinski definition) is 1. The molecule has 5 nitrogen and oxygen atoms in total. The van der Waals surface area contributed by atoms with Crippen LogP contribution in [0, 0.1) is 0 Å². The minimum Gasteiger partial charge on any atom is -0.497 e. The molecule has 0 saturated heterocycles. The van der Waals surface area contributed by atoms with E-state index in [-0.39, 0.29) is 0 Å². The summed E-state index contributed by atoms with van der Waals surface area (Å²) < 4.78 is 17.2. The Labute approximate surface area is 145 Å². The SMILES string of the molecule is COc1ccc2oc(=O)cc([C@@H]3Oc4ccc(Br)cc4[C@@H]3O)c2c1. The van der Waals surface area contributed by atoms with Crippen LogP contribution in [0.15, 0.2) is 56.1 Å². The first-order valence-electron chi connectivity index (χ1n) is 7.33. The molecule has 3 aromatic rings. The molecule has 0 radical (unpaired) electrons. The van der Waals surface area contributed by atoms with Gasteiger partial charge in [0.25, 0.3) is 0 Å². The quantitative estimate of drug-likeness (QED) is 0.677. The van der Waals surface area contributed by atoms with E-state index in [4.69, 9.17) is 13.9 Å². The Morgan fingerprint density at radius 3 is 2.75 bits per heavy atom. The van der Waals surface area contributed by atoms with Gasteiger partial charge in [-0.2, -0.15) is 0 Å². The lowest BCUT2D eigenvalue weighted by molar-refractivity contribution is 0.0680. The third kappa shape index (κ3) is 2.39. The van der Waals surface area contributed by atoms with E-state index in [9.17, 15) is 9.90 Å². The molecule has 24 heavy (non-hydrogen) atoms. The van der Waals surface area contributed by atoms with Crippen LogP contribution in [0.2, 0.25) is 0 Å². The van der Waals surface area contributed by atoms with Crippen molar-refractivity contribution in [2.24, 2.45) is 0 Å². The van der Waals surface area contributed by atoms with E-state index >= 15 is 0 Å². The van der Waals surface area contributed by atoms with Gasteiger partial charge in [0.15, 0.2) is 6.10 Å². The number of fused-ring (bicyclic) bond motifs is 2. The Morgan fingerprint density at radius 1 is 1.12 bits per heavy atom. The predicted octanol–water partition coefficient (Wildman–Crippen LogP) is 3.73. The molecule has 0 spiro atoms. The van der Waals surface area contributed by atoms with E-state index < -0.39 is 17.8 Å². The highest BCUT2D eigenvalue weighted by Crippen LogP contribution is 2.46. The first-order valence-corrected chi connectivity index (χ1v) is 8.12. The van der Waals surface area contributed by atoms with Crippen molar-refractivity contribution in [3.8, 4) is 11.5 Å². The molecule has 0 amide bonds. The fraction of sp³-hybridized carbons (Fsp3) is 0.167. The second-order valence-electron chi connectivity index (χ2n) is 5.55. The molecule has 2 aromatic carbocycles. The Hall–Kier alpha value is -2.31. The van der Waals surface area contributed by atoms with Gasteiger partial charge in [-0.1, -0.05) is 15.9 Å². The molecule has 0 aliphatic carbocycles. The zero-order valence-corrected chi connectivity index (χ0v) is 14.2. The van der Waals surface area contributed by atoms with Gasteiger partial charge < -0.3 is 19.0 Å². The molecule has 0 unspecified atom stereocenters. The number of ether oxygens (including phenoxy) is 2. The number of hydrogen-bond acceptors (Lipinski definition) is 5. The van der Waals surface area contributed by atoms with E-state index in [1.165, 1.54) is 6.07 Å². The van der Waals surface area contributed by atoms with Crippen molar-refractivity contribution in [2.75, 3.05) is 7.11 Å². The number of aliphatic hydroxyl groups is 1. The molecule has 6 heteroatoms. The maximum absolute atomic E-state index is 11.9. The Morgan fingerprint density at radius 2 is 1.96 bits per heavy atom. The Balaban J connectivity index is 1.89. The van der Waals surface area contributed by atoms with Crippen LogP contribution in [-0.2, 0) is 0 Å². The smallest absolute Gasteiger partial charge is 0.336 e. The minimum absolute atomic E-state index is 0.422. The summed E-state index contributed by atoms with van der Waals surface area (Å²) in [5, 5.41) is 11.4. The monoisotopic (exact) mass is 388 g/mol. The van der Waals surface area contributed by atoms with E-state index in [1.807, 2.05) is 12.1 Å². The van der Waals surface area contributed by atoms with Crippen molar-refractivity contribution in [3.63, 3.8) is 0 Å². The van der Waals surface area contributed by atoms with Crippen LogP contribution < -0.4 is 15.1 Å². The summed E-state index contributed by atoms with van der Waals surface area (Å²) in [6.07, 6.45) is -1.57. The molecule has 0 fully saturated rings. The van der Waals surface area contributed by atoms with Crippen molar-refractivity contribution in [3.05, 3.63) is 68.5 Å². The van der Waals surface area contributed by atoms with Gasteiger partial charge in [0.1, 0.15) is 23.2 Å². The van der Waals surface area contributed by atoms with Crippen molar-refractivity contribution in [2.45, 2.75) is 12.2 Å². The highest BCUT2D eigenvalue weighted by atomic mass is 79.9. The van der Waals surface area contributed by atoms with Gasteiger partial charge in [0, 0.05) is 27.1 Å². The average molecular weight is 389 g/mol. The van der Waals surface area contributed by atoms with Crippen LogP contribution >= 0.6 is 15.9 Å². The summed E-state index contributed by atoms with van der Waals surface area (Å²) in [4.78, 5) is 11.9. The van der Waals surface area contributed by atoms with Gasteiger partial charge in [0.2, 0.25) is 0 Å². The first-order chi connectivity index (χ1) is 11.6. The van der Waals surface area contributed by atoms with E-state index in [0.29, 0.717) is 33.6 Å². The minimum atomic E-state index is -0.881. The molecular formula is C18H13BrO5. The molecule has 1 N–H and O–H groups in total. The Bertz CT molecular complexity index is 994. The highest BCUT2D eigenvalue weighted by molar-refractivity contribution is 9.10. The lowest BCUT2D eigenvalue weighted by Crippen LogP contribution is -2.13. The molecule has 4 rings (SSSR count). The van der Waals surface area contributed by atoms with Crippen LogP contribution in [-0.4, -0.2) is 12.2 Å². The summed E-state index contributed by atoms with van der Waals surface area (Å²) in [5.74, 6) is 1.23. The third-order valence-corrected chi connectivity index (χ3v) is 4.61. The maximum atomic E-state index is 11.9. The van der Waals surface area contributed by atoms with Crippen LogP contribution in [0.5, 0.6) is 11.5 Å². The molecule has 0 saturated carbocycles. The van der Waals surface area contributed by atoms with Gasteiger partial charge in [-0.15, -0.1) is 0 Å². The lowest BCUT2D eigenvalue weighted by Gasteiger charge is -2.16. The second kappa shape index (κ2) is 5.65. The van der Waals surface area contributed by atoms with Crippen molar-refractivity contribution < 1.29 is 19.0 Å². The van der Waals surface area contributed by atoms with Gasteiger partial charge in [-0.25, -0.2) is 4.79 Å². The van der Waals surface area contributed by atoms with Crippen molar-refractivity contribution >= 4 is 26.9 Å². The second-order valence-corrected chi connectivity index (χ2v) is 6.46. The maximum Gasteiger partial charge on any atom is 0.336 e. The number of halogens is 1. The van der Waals surface area contributed by atoms with E-state index in [1.54, 1.807) is 31.4 Å². The van der Waals surface area contributed by atoms with Gasteiger partial charge in [-0.3, -0.25) is 0 Å². The summed E-state index contributed by atoms with van der Waals surface area (Å²) in [7, 11) is 1.56. The van der Waals surface area contributed by atoms with Gasteiger partial charge in [-0.05, 0) is 36.4 Å². The Kier molecular flexibility index (Phi) is 3.58. The summed E-state index contributed by atoms with van der Waals surface area (Å²) in [5.41, 5.74) is 1.18. The average Bonchev–Trinajstić information content (AvgIpc) is 2.90. The zero-order chi connectivity index (χ0) is 16.8. The highest BCUT2D eigenvalue weighted by Gasteiger charge is 2.35. The summed E-state index contributed by atoms with van der Waals surface area (Å²) >= 11 is 3.39. The van der Waals surface area contributed by atoms with Crippen LogP contribution in [0.3, 0.4) is 0 Å². The lowest BCUT2D eigenvalue weighted by atomic mass is 9.98. The number of rotatable bonds is 2. The zero-order valence-electron chi connectivity index (χ0n) is 12.7. The fourth-order valence-electron chi connectivity index (χ4n) is 2.98. The number of aliphatic hydroxyl groups excluding tert-OH is 1. The van der Waals surface area contributed by atoms with E-state index in [0.717, 1.165) is 4.47 Å². The molecule has 0 bridgehead atoms. The molecule has 1 aliphatic heterocycles. The molecular weight excluding hydrogens is 376 g/mol. The standard InChI is InChI=1S/C18H13BrO5/c1-22-10-3-5-14-11(7-10)12(8-16(20)23-14)18-17(21)13-6-9(19)2-4-15(13)24-18/h2-8,17-18,21H,1H3/t17-,18-/m0/s1. The normalized spacial score (nSPS) is 19.1.